The molecule has 0 aliphatic rings. The van der Waals surface area contributed by atoms with Crippen LogP contribution >= 0.6 is 50.5 Å². The van der Waals surface area contributed by atoms with Crippen LogP contribution in [-0.2, 0) is 23.1 Å². The Bertz CT molecular complexity index is 763. The lowest BCUT2D eigenvalue weighted by Crippen LogP contribution is -2.23. The van der Waals surface area contributed by atoms with Gasteiger partial charge in [-0.3, -0.25) is 0 Å². The molecular formula is C12H11BrCl2N2O2S2. The molecule has 0 unspecified atom stereocenters. The number of halogens is 3. The standard InChI is InChI=1S/C12H11BrCl2N2O2S2/c13-11-4-1-7(20-11)6-17-21(18,19)10-3-2-9(14)8(5-16)12(10)15/h1-4,17H,5-6,16H2. The number of nitrogens with two attached hydrogens (primary N) is 1. The average molecular weight is 430 g/mol. The molecule has 0 aliphatic heterocycles. The van der Waals surface area contributed by atoms with E-state index in [1.165, 1.54) is 23.5 Å². The van der Waals surface area contributed by atoms with Crippen molar-refractivity contribution in [2.75, 3.05) is 0 Å². The molecule has 3 N–H and O–H groups in total. The van der Waals surface area contributed by atoms with Gasteiger partial charge >= 0.3 is 0 Å². The summed E-state index contributed by atoms with van der Waals surface area (Å²) in [6, 6.07) is 6.55. The van der Waals surface area contributed by atoms with Gasteiger partial charge in [-0.05, 0) is 40.2 Å². The summed E-state index contributed by atoms with van der Waals surface area (Å²) in [5.41, 5.74) is 5.96. The van der Waals surface area contributed by atoms with Crippen LogP contribution in [0.15, 0.2) is 32.9 Å². The van der Waals surface area contributed by atoms with Crippen molar-refractivity contribution in [2.45, 2.75) is 18.0 Å². The Morgan fingerprint density at radius 1 is 1.24 bits per heavy atom. The van der Waals surface area contributed by atoms with E-state index < -0.39 is 10.0 Å². The molecule has 0 atom stereocenters. The Hall–Kier alpha value is -0.150. The maximum Gasteiger partial charge on any atom is 0.242 e. The van der Waals surface area contributed by atoms with Gasteiger partial charge in [0.25, 0.3) is 0 Å². The van der Waals surface area contributed by atoms with Crippen LogP contribution in [0.5, 0.6) is 0 Å². The van der Waals surface area contributed by atoms with Gasteiger partial charge in [0.2, 0.25) is 10.0 Å². The summed E-state index contributed by atoms with van der Waals surface area (Å²) in [6.07, 6.45) is 0. The van der Waals surface area contributed by atoms with Crippen LogP contribution in [0.2, 0.25) is 10.0 Å². The van der Waals surface area contributed by atoms with Crippen LogP contribution in [-0.4, -0.2) is 8.42 Å². The Labute approximate surface area is 145 Å². The molecule has 2 aromatic rings. The third-order valence-electron chi connectivity index (χ3n) is 2.71. The van der Waals surface area contributed by atoms with Gasteiger partial charge in [0.15, 0.2) is 0 Å². The van der Waals surface area contributed by atoms with E-state index in [0.717, 1.165) is 8.66 Å². The Morgan fingerprint density at radius 3 is 2.52 bits per heavy atom. The van der Waals surface area contributed by atoms with Crippen LogP contribution in [0, 0.1) is 0 Å². The predicted octanol–water partition coefficient (Wildman–Crippen LogP) is 3.75. The largest absolute Gasteiger partial charge is 0.326 e. The summed E-state index contributed by atoms with van der Waals surface area (Å²) in [6.45, 7) is 0.258. The number of sulfonamides is 1. The first kappa shape index (κ1) is 17.2. The first-order valence-electron chi connectivity index (χ1n) is 5.76. The number of hydrogen-bond donors (Lipinski definition) is 2. The third-order valence-corrected chi connectivity index (χ3v) is 6.67. The van der Waals surface area contributed by atoms with Crippen molar-refractivity contribution in [3.63, 3.8) is 0 Å². The van der Waals surface area contributed by atoms with Crippen molar-refractivity contribution in [2.24, 2.45) is 5.73 Å². The molecule has 2 rings (SSSR count). The van der Waals surface area contributed by atoms with Crippen LogP contribution in [0.3, 0.4) is 0 Å². The minimum Gasteiger partial charge on any atom is -0.326 e. The Kier molecular flexibility index (Phi) is 5.70. The fourth-order valence-electron chi connectivity index (χ4n) is 1.66. The summed E-state index contributed by atoms with van der Waals surface area (Å²) in [5.74, 6) is 0. The number of hydrogen-bond acceptors (Lipinski definition) is 4. The van der Waals surface area contributed by atoms with E-state index >= 15 is 0 Å². The van der Waals surface area contributed by atoms with Crippen LogP contribution in [0.25, 0.3) is 0 Å². The van der Waals surface area contributed by atoms with Gasteiger partial charge in [0.1, 0.15) is 4.90 Å². The van der Waals surface area contributed by atoms with Crippen molar-refractivity contribution in [1.82, 2.24) is 4.72 Å². The van der Waals surface area contributed by atoms with E-state index in [1.807, 2.05) is 12.1 Å². The maximum absolute atomic E-state index is 12.3. The highest BCUT2D eigenvalue weighted by atomic mass is 79.9. The number of thiophene rings is 1. The zero-order chi connectivity index (χ0) is 15.6. The molecule has 21 heavy (non-hydrogen) atoms. The van der Waals surface area contributed by atoms with Gasteiger partial charge in [0, 0.05) is 28.6 Å². The highest BCUT2D eigenvalue weighted by molar-refractivity contribution is 9.11. The van der Waals surface area contributed by atoms with Crippen LogP contribution in [0.4, 0.5) is 0 Å². The maximum atomic E-state index is 12.3. The zero-order valence-electron chi connectivity index (χ0n) is 10.6. The average Bonchev–Trinajstić information content (AvgIpc) is 2.83. The van der Waals surface area contributed by atoms with Gasteiger partial charge < -0.3 is 5.73 Å². The third kappa shape index (κ3) is 3.98. The van der Waals surface area contributed by atoms with E-state index in [2.05, 4.69) is 20.7 Å². The molecule has 9 heteroatoms. The van der Waals surface area contributed by atoms with E-state index in [-0.39, 0.29) is 23.0 Å². The molecule has 1 heterocycles. The lowest BCUT2D eigenvalue weighted by molar-refractivity contribution is 0.581. The van der Waals surface area contributed by atoms with E-state index in [0.29, 0.717) is 10.6 Å². The van der Waals surface area contributed by atoms with Gasteiger partial charge in [-0.15, -0.1) is 11.3 Å². The fraction of sp³-hybridized carbons (Fsp3) is 0.167. The highest BCUT2D eigenvalue weighted by Crippen LogP contribution is 2.31. The minimum atomic E-state index is -3.73. The first-order valence-corrected chi connectivity index (χ1v) is 9.61. The van der Waals surface area contributed by atoms with E-state index in [9.17, 15) is 8.42 Å². The van der Waals surface area contributed by atoms with Crippen molar-refractivity contribution in [1.29, 1.82) is 0 Å². The predicted molar refractivity (Wildman–Crippen MR) is 90.4 cm³/mol. The van der Waals surface area contributed by atoms with Gasteiger partial charge in [-0.25, -0.2) is 13.1 Å². The van der Waals surface area contributed by atoms with Gasteiger partial charge in [-0.1, -0.05) is 23.2 Å². The summed E-state index contributed by atoms with van der Waals surface area (Å²) in [5, 5.41) is 0.411. The smallest absolute Gasteiger partial charge is 0.242 e. The normalized spacial score (nSPS) is 11.8. The molecular weight excluding hydrogens is 419 g/mol. The second-order valence-corrected chi connectivity index (χ2v) is 9.14. The topological polar surface area (TPSA) is 72.2 Å². The molecule has 1 aromatic carbocycles. The summed E-state index contributed by atoms with van der Waals surface area (Å²) < 4.78 is 28.1. The molecule has 0 spiro atoms. The quantitative estimate of drug-likeness (QED) is 0.759. The van der Waals surface area contributed by atoms with Gasteiger partial charge in [-0.2, -0.15) is 0 Å². The number of nitrogens with one attached hydrogen (secondary N) is 1. The molecule has 0 amide bonds. The number of rotatable bonds is 5. The van der Waals surface area contributed by atoms with Crippen molar-refractivity contribution in [3.8, 4) is 0 Å². The molecule has 4 nitrogen and oxygen atoms in total. The first-order chi connectivity index (χ1) is 9.85. The van der Waals surface area contributed by atoms with Crippen LogP contribution in [0.1, 0.15) is 10.4 Å². The lowest BCUT2D eigenvalue weighted by Gasteiger charge is -2.11. The monoisotopic (exact) mass is 428 g/mol. The molecule has 0 aliphatic carbocycles. The SMILES string of the molecule is NCc1c(Cl)ccc(S(=O)(=O)NCc2ccc(Br)s2)c1Cl. The van der Waals surface area contributed by atoms with E-state index in [4.69, 9.17) is 28.9 Å². The van der Waals surface area contributed by atoms with Crippen molar-refractivity contribution < 1.29 is 8.42 Å². The second-order valence-electron chi connectivity index (χ2n) is 4.07. The molecule has 0 radical (unpaired) electrons. The lowest BCUT2D eigenvalue weighted by atomic mass is 10.2. The molecule has 0 fully saturated rings. The molecule has 0 saturated heterocycles. The zero-order valence-corrected chi connectivity index (χ0v) is 15.3. The second kappa shape index (κ2) is 6.95. The van der Waals surface area contributed by atoms with Gasteiger partial charge in [0.05, 0.1) is 8.81 Å². The molecule has 0 saturated carbocycles. The van der Waals surface area contributed by atoms with E-state index in [1.54, 1.807) is 0 Å². The van der Waals surface area contributed by atoms with Crippen molar-refractivity contribution in [3.05, 3.63) is 48.5 Å². The fourth-order valence-corrected chi connectivity index (χ4v) is 5.11. The Morgan fingerprint density at radius 2 is 1.95 bits per heavy atom. The summed E-state index contributed by atoms with van der Waals surface area (Å²) in [4.78, 5) is 0.860. The minimum absolute atomic E-state index is 0.0235. The molecule has 114 valence electrons. The summed E-state index contributed by atoms with van der Waals surface area (Å²) in [7, 11) is -3.73. The highest BCUT2D eigenvalue weighted by Gasteiger charge is 2.21. The molecule has 0 bridgehead atoms. The molecule has 1 aromatic heterocycles. The number of benzene rings is 1. The summed E-state index contributed by atoms with van der Waals surface area (Å²) >= 11 is 16.8. The Balaban J connectivity index is 2.27. The van der Waals surface area contributed by atoms with Crippen molar-refractivity contribution >= 4 is 60.5 Å². The van der Waals surface area contributed by atoms with Crippen LogP contribution < -0.4 is 10.5 Å².